The normalized spacial score (nSPS) is 20.0. The van der Waals surface area contributed by atoms with Crippen LogP contribution in [-0.4, -0.2) is 71.0 Å². The second-order valence-electron chi connectivity index (χ2n) is 6.08. The number of methoxy groups -OCH3 is 2. The van der Waals surface area contributed by atoms with E-state index in [1.54, 1.807) is 14.2 Å². The quantitative estimate of drug-likeness (QED) is 0.799. The third-order valence-corrected chi connectivity index (χ3v) is 3.96. The van der Waals surface area contributed by atoms with E-state index in [1.165, 1.54) is 0 Å². The van der Waals surface area contributed by atoms with Crippen molar-refractivity contribution >= 4 is 0 Å². The minimum Gasteiger partial charge on any atom is -0.496 e. The van der Waals surface area contributed by atoms with Gasteiger partial charge in [-0.3, -0.25) is 4.90 Å². The Balaban J connectivity index is 2.11. The third kappa shape index (κ3) is 4.60. The van der Waals surface area contributed by atoms with Crippen molar-refractivity contribution in [2.75, 3.05) is 61.2 Å². The summed E-state index contributed by atoms with van der Waals surface area (Å²) in [6.45, 7) is 5.43. The summed E-state index contributed by atoms with van der Waals surface area (Å²) >= 11 is 0. The van der Waals surface area contributed by atoms with Crippen LogP contribution in [0.3, 0.4) is 0 Å². The molecule has 1 aromatic carbocycles. The maximum Gasteiger partial charge on any atom is 0.127 e. The van der Waals surface area contributed by atoms with Gasteiger partial charge in [0, 0.05) is 32.1 Å². The predicted molar refractivity (Wildman–Crippen MR) is 87.7 cm³/mol. The van der Waals surface area contributed by atoms with Crippen molar-refractivity contribution in [1.29, 1.82) is 0 Å². The highest BCUT2D eigenvalue weighted by atomic mass is 16.5. The summed E-state index contributed by atoms with van der Waals surface area (Å²) in [6.07, 6.45) is 0. The Bertz CT molecular complexity index is 443. The van der Waals surface area contributed by atoms with E-state index < -0.39 is 0 Å². The van der Waals surface area contributed by atoms with Crippen molar-refractivity contribution in [2.45, 2.75) is 6.54 Å². The van der Waals surface area contributed by atoms with Crippen LogP contribution >= 0.6 is 0 Å². The van der Waals surface area contributed by atoms with Crippen LogP contribution in [0.2, 0.25) is 0 Å². The Kier molecular flexibility index (Phi) is 6.49. The highest BCUT2D eigenvalue weighted by Crippen LogP contribution is 2.30. The summed E-state index contributed by atoms with van der Waals surface area (Å²) in [5.74, 6) is 2.29. The molecule has 0 amide bonds. The number of nitrogens with zero attached hydrogens (tertiary/aromatic N) is 2. The maximum absolute atomic E-state index is 5.76. The highest BCUT2D eigenvalue weighted by molar-refractivity contribution is 5.44. The fourth-order valence-corrected chi connectivity index (χ4v) is 3.03. The van der Waals surface area contributed by atoms with Gasteiger partial charge in [-0.05, 0) is 26.2 Å². The molecule has 0 radical (unpaired) electrons. The van der Waals surface area contributed by atoms with Crippen molar-refractivity contribution < 1.29 is 14.2 Å². The fraction of sp³-hybridized carbons (Fsp3) is 0.647. The zero-order valence-electron chi connectivity index (χ0n) is 14.2. The lowest BCUT2D eigenvalue weighted by atomic mass is 10.1. The Morgan fingerprint density at radius 1 is 1.23 bits per heavy atom. The molecule has 0 bridgehead atoms. The number of ether oxygens (including phenoxy) is 3. The molecule has 1 aliphatic heterocycles. The van der Waals surface area contributed by atoms with Gasteiger partial charge in [0.2, 0.25) is 0 Å². The van der Waals surface area contributed by atoms with Gasteiger partial charge in [-0.1, -0.05) is 6.07 Å². The van der Waals surface area contributed by atoms with E-state index in [2.05, 4.69) is 23.9 Å². The maximum atomic E-state index is 5.76. The Hall–Kier alpha value is -1.30. The molecule has 0 N–H and O–H groups in total. The van der Waals surface area contributed by atoms with Crippen molar-refractivity contribution in [2.24, 2.45) is 5.92 Å². The molecule has 1 saturated heterocycles. The molecule has 1 heterocycles. The summed E-state index contributed by atoms with van der Waals surface area (Å²) < 4.78 is 16.8. The molecule has 124 valence electrons. The molecule has 22 heavy (non-hydrogen) atoms. The smallest absolute Gasteiger partial charge is 0.127 e. The molecule has 0 spiro atoms. The van der Waals surface area contributed by atoms with Crippen molar-refractivity contribution in [1.82, 2.24) is 9.80 Å². The summed E-state index contributed by atoms with van der Waals surface area (Å²) in [5, 5.41) is 0. The molecule has 2 rings (SSSR count). The minimum absolute atomic E-state index is 0.526. The summed E-state index contributed by atoms with van der Waals surface area (Å²) in [5.41, 5.74) is 1.11. The Labute approximate surface area is 133 Å². The number of hydrogen-bond donors (Lipinski definition) is 0. The third-order valence-electron chi connectivity index (χ3n) is 3.96. The van der Waals surface area contributed by atoms with Crippen LogP contribution < -0.4 is 9.47 Å². The number of benzene rings is 1. The minimum atomic E-state index is 0.526. The molecule has 0 aromatic heterocycles. The molecule has 0 aliphatic carbocycles. The second kappa shape index (κ2) is 8.36. The first-order valence-corrected chi connectivity index (χ1v) is 7.78. The van der Waals surface area contributed by atoms with Crippen molar-refractivity contribution in [3.05, 3.63) is 23.8 Å². The van der Waals surface area contributed by atoms with Crippen LogP contribution in [0, 0.1) is 5.92 Å². The number of rotatable bonds is 6. The van der Waals surface area contributed by atoms with Gasteiger partial charge in [0.25, 0.3) is 0 Å². The van der Waals surface area contributed by atoms with Gasteiger partial charge in [-0.25, -0.2) is 0 Å². The van der Waals surface area contributed by atoms with Crippen LogP contribution in [-0.2, 0) is 11.3 Å². The van der Waals surface area contributed by atoms with Crippen molar-refractivity contribution in [3.8, 4) is 11.5 Å². The largest absolute Gasteiger partial charge is 0.496 e. The molecular formula is C17H28N2O3. The lowest BCUT2D eigenvalue weighted by Gasteiger charge is -2.26. The number of hydrogen-bond acceptors (Lipinski definition) is 5. The topological polar surface area (TPSA) is 34.2 Å². The molecule has 0 saturated carbocycles. The SMILES string of the molecule is COc1cccc(OC)c1CN1CCOC[C@H](CN(C)C)C1. The van der Waals surface area contributed by atoms with Gasteiger partial charge in [0.1, 0.15) is 11.5 Å². The molecule has 1 fully saturated rings. The van der Waals surface area contributed by atoms with Crippen LogP contribution in [0.15, 0.2) is 18.2 Å². The average Bonchev–Trinajstić information content (AvgIpc) is 2.72. The highest BCUT2D eigenvalue weighted by Gasteiger charge is 2.21. The average molecular weight is 308 g/mol. The van der Waals surface area contributed by atoms with Crippen LogP contribution in [0.5, 0.6) is 11.5 Å². The van der Waals surface area contributed by atoms with Gasteiger partial charge in [0.15, 0.2) is 0 Å². The Morgan fingerprint density at radius 2 is 1.91 bits per heavy atom. The summed E-state index contributed by atoms with van der Waals surface area (Å²) in [6, 6.07) is 5.94. The standard InChI is InChI=1S/C17H28N2O3/c1-18(2)10-14-11-19(8-9-22-13-14)12-15-16(20-3)6-5-7-17(15)21-4/h5-7,14H,8-13H2,1-4H3/t14-/m1/s1. The first-order valence-electron chi connectivity index (χ1n) is 7.78. The van der Waals surface area contributed by atoms with E-state index in [0.29, 0.717) is 5.92 Å². The van der Waals surface area contributed by atoms with Crippen LogP contribution in [0.1, 0.15) is 5.56 Å². The first kappa shape index (κ1) is 17.1. The van der Waals surface area contributed by atoms with Gasteiger partial charge in [0.05, 0.1) is 33.0 Å². The summed E-state index contributed by atoms with van der Waals surface area (Å²) in [4.78, 5) is 4.66. The van der Waals surface area contributed by atoms with E-state index in [9.17, 15) is 0 Å². The van der Waals surface area contributed by atoms with E-state index in [4.69, 9.17) is 14.2 Å². The molecule has 1 atom stereocenters. The second-order valence-corrected chi connectivity index (χ2v) is 6.08. The molecule has 5 heteroatoms. The molecular weight excluding hydrogens is 280 g/mol. The zero-order chi connectivity index (χ0) is 15.9. The zero-order valence-corrected chi connectivity index (χ0v) is 14.2. The lowest BCUT2D eigenvalue weighted by Crippen LogP contribution is -2.34. The predicted octanol–water partition coefficient (Wildman–Crippen LogP) is 1.71. The van der Waals surface area contributed by atoms with Gasteiger partial charge in [-0.2, -0.15) is 0 Å². The molecule has 1 aromatic rings. The molecule has 5 nitrogen and oxygen atoms in total. The van der Waals surface area contributed by atoms with E-state index in [-0.39, 0.29) is 0 Å². The first-order chi connectivity index (χ1) is 10.6. The van der Waals surface area contributed by atoms with Crippen LogP contribution in [0.4, 0.5) is 0 Å². The Morgan fingerprint density at radius 3 is 2.50 bits per heavy atom. The lowest BCUT2D eigenvalue weighted by molar-refractivity contribution is 0.112. The van der Waals surface area contributed by atoms with E-state index in [1.807, 2.05) is 18.2 Å². The summed E-state index contributed by atoms with van der Waals surface area (Å²) in [7, 11) is 7.63. The van der Waals surface area contributed by atoms with Crippen LogP contribution in [0.25, 0.3) is 0 Å². The molecule has 1 aliphatic rings. The van der Waals surface area contributed by atoms with Crippen molar-refractivity contribution in [3.63, 3.8) is 0 Å². The monoisotopic (exact) mass is 308 g/mol. The molecule has 0 unspecified atom stereocenters. The van der Waals surface area contributed by atoms with E-state index >= 15 is 0 Å². The fourth-order valence-electron chi connectivity index (χ4n) is 3.03. The van der Waals surface area contributed by atoms with Gasteiger partial charge < -0.3 is 19.1 Å². The van der Waals surface area contributed by atoms with E-state index in [0.717, 1.165) is 56.5 Å². The van der Waals surface area contributed by atoms with Gasteiger partial charge >= 0.3 is 0 Å². The van der Waals surface area contributed by atoms with Gasteiger partial charge in [-0.15, -0.1) is 0 Å².